The number of hydrogen-bond acceptors (Lipinski definition) is 6. The van der Waals surface area contributed by atoms with Crippen molar-refractivity contribution in [2.24, 2.45) is 0 Å². The van der Waals surface area contributed by atoms with Gasteiger partial charge in [-0.15, -0.1) is 0 Å². The molecule has 0 unspecified atom stereocenters. The number of ketones is 1. The maximum Gasteiger partial charge on any atom is 0.293 e. The Hall–Kier alpha value is -0.980. The summed E-state index contributed by atoms with van der Waals surface area (Å²) in [5.41, 5.74) is -0.318. The molecule has 0 atom stereocenters. The van der Waals surface area contributed by atoms with Gasteiger partial charge in [0.15, 0.2) is 0 Å². The summed E-state index contributed by atoms with van der Waals surface area (Å²) in [7, 11) is 0. The van der Waals surface area contributed by atoms with Crippen molar-refractivity contribution in [3.63, 3.8) is 0 Å². The van der Waals surface area contributed by atoms with Gasteiger partial charge in [-0.2, -0.15) is 0 Å². The summed E-state index contributed by atoms with van der Waals surface area (Å²) < 4.78 is 14.4. The second-order valence-electron chi connectivity index (χ2n) is 5.34. The van der Waals surface area contributed by atoms with E-state index in [9.17, 15) is 9.59 Å². The first kappa shape index (κ1) is 19.0. The van der Waals surface area contributed by atoms with Gasteiger partial charge in [-0.3, -0.25) is 9.59 Å². The molecule has 2 saturated heterocycles. The number of carbonyl (C=O) groups excluding carboxylic acids is 2. The van der Waals surface area contributed by atoms with Gasteiger partial charge in [0.05, 0.1) is 26.4 Å². The Bertz CT molecular complexity index is 239. The van der Waals surface area contributed by atoms with Crippen LogP contribution in [0, 0.1) is 0 Å². The van der Waals surface area contributed by atoms with Crippen molar-refractivity contribution in [3.05, 3.63) is 0 Å². The van der Waals surface area contributed by atoms with Crippen LogP contribution in [0.15, 0.2) is 0 Å². The van der Waals surface area contributed by atoms with E-state index >= 15 is 0 Å². The molecule has 2 rings (SSSR count). The highest BCUT2D eigenvalue weighted by Gasteiger charge is 2.07. The second-order valence-corrected chi connectivity index (χ2v) is 5.34. The smallest absolute Gasteiger partial charge is 0.293 e. The van der Waals surface area contributed by atoms with Crippen molar-refractivity contribution < 1.29 is 23.8 Å². The number of piperidine rings is 1. The number of ether oxygens (including phenoxy) is 3. The molecule has 0 bridgehead atoms. The number of nitrogens with one attached hydrogen (secondary N) is 1. The lowest BCUT2D eigenvalue weighted by atomic mass is 10.1. The van der Waals surface area contributed by atoms with E-state index in [0.717, 1.165) is 52.4 Å². The van der Waals surface area contributed by atoms with E-state index in [4.69, 9.17) is 9.47 Å². The Kier molecular flexibility index (Phi) is 11.2. The van der Waals surface area contributed by atoms with Crippen molar-refractivity contribution in [2.75, 3.05) is 39.5 Å². The average Bonchev–Trinajstić information content (AvgIpc) is 2.42. The van der Waals surface area contributed by atoms with E-state index in [2.05, 4.69) is 10.1 Å². The van der Waals surface area contributed by atoms with Crippen LogP contribution in [0.4, 0.5) is 0 Å². The summed E-state index contributed by atoms with van der Waals surface area (Å²) in [5, 5.41) is 3.09. The van der Waals surface area contributed by atoms with Gasteiger partial charge >= 0.3 is 0 Å². The van der Waals surface area contributed by atoms with E-state index in [1.807, 2.05) is 20.8 Å². The Balaban J connectivity index is 0.000000271. The van der Waals surface area contributed by atoms with Crippen molar-refractivity contribution in [3.8, 4) is 0 Å². The largest absolute Gasteiger partial charge is 0.462 e. The minimum absolute atomic E-state index is 0.318. The highest BCUT2D eigenvalue weighted by molar-refractivity contribution is 5.79. The number of hydrogen-bond donors (Lipinski definition) is 1. The third-order valence-electron chi connectivity index (χ3n) is 2.31. The van der Waals surface area contributed by atoms with Crippen LogP contribution in [-0.2, 0) is 23.8 Å². The van der Waals surface area contributed by atoms with E-state index < -0.39 is 0 Å². The summed E-state index contributed by atoms with van der Waals surface area (Å²) in [6, 6.07) is 0. The Morgan fingerprint density at radius 2 is 1.50 bits per heavy atom. The molecule has 0 radical (unpaired) electrons. The van der Waals surface area contributed by atoms with Gasteiger partial charge in [0.1, 0.15) is 11.4 Å². The minimum Gasteiger partial charge on any atom is -0.462 e. The summed E-state index contributed by atoms with van der Waals surface area (Å²) in [6.45, 7) is 10.8. The quantitative estimate of drug-likeness (QED) is 0.724. The Morgan fingerprint density at radius 3 is 1.65 bits per heavy atom. The zero-order valence-electron chi connectivity index (χ0n) is 12.8. The van der Waals surface area contributed by atoms with Crippen molar-refractivity contribution in [2.45, 2.75) is 39.2 Å². The van der Waals surface area contributed by atoms with E-state index in [1.165, 1.54) is 0 Å². The van der Waals surface area contributed by atoms with E-state index in [0.29, 0.717) is 12.3 Å². The van der Waals surface area contributed by atoms with E-state index in [-0.39, 0.29) is 5.60 Å². The normalized spacial score (nSPS) is 18.9. The van der Waals surface area contributed by atoms with Crippen LogP contribution in [0.2, 0.25) is 0 Å². The van der Waals surface area contributed by atoms with Crippen LogP contribution in [-0.4, -0.2) is 57.4 Å². The van der Waals surface area contributed by atoms with E-state index in [1.54, 1.807) is 0 Å². The Morgan fingerprint density at radius 1 is 1.05 bits per heavy atom. The lowest BCUT2D eigenvalue weighted by molar-refractivity contribution is -0.138. The number of carbonyl (C=O) groups is 2. The maximum atomic E-state index is 10.4. The third-order valence-corrected chi connectivity index (χ3v) is 2.31. The van der Waals surface area contributed by atoms with Gasteiger partial charge in [-0.05, 0) is 20.8 Å². The predicted molar refractivity (Wildman–Crippen MR) is 75.7 cm³/mol. The monoisotopic (exact) mass is 289 g/mol. The summed E-state index contributed by atoms with van der Waals surface area (Å²) >= 11 is 0. The molecule has 6 nitrogen and oxygen atoms in total. The fourth-order valence-corrected chi connectivity index (χ4v) is 1.29. The third kappa shape index (κ3) is 15.1. The molecule has 20 heavy (non-hydrogen) atoms. The molecule has 0 saturated carbocycles. The summed E-state index contributed by atoms with van der Waals surface area (Å²) in [4.78, 5) is 20.0. The summed E-state index contributed by atoms with van der Waals surface area (Å²) in [5.74, 6) is 0.402. The van der Waals surface area contributed by atoms with Crippen LogP contribution >= 0.6 is 0 Å². The highest BCUT2D eigenvalue weighted by atomic mass is 16.6. The summed E-state index contributed by atoms with van der Waals surface area (Å²) in [6.07, 6.45) is 1.47. The predicted octanol–water partition coefficient (Wildman–Crippen LogP) is 0.930. The topological polar surface area (TPSA) is 73.9 Å². The maximum absolute atomic E-state index is 10.4. The first-order valence-corrected chi connectivity index (χ1v) is 6.95. The molecule has 2 heterocycles. The first-order chi connectivity index (χ1) is 9.45. The second kappa shape index (κ2) is 11.8. The molecule has 0 aliphatic carbocycles. The molecule has 2 aliphatic rings. The standard InChI is InChI=1S/C5H9NO.C5H10O2.C4H8O2/c7-5-1-3-6-4-2-5;1-5(2,3)7-4-6;1-2-6-4-3-5-1/h6H,1-4H2;4H,1-3H3;1-4H2. The van der Waals surface area contributed by atoms with Crippen LogP contribution in [0.3, 0.4) is 0 Å². The zero-order chi connectivity index (χ0) is 15.3. The van der Waals surface area contributed by atoms with Gasteiger partial charge in [0.2, 0.25) is 0 Å². The SMILES string of the molecule is C1COCCO1.CC(C)(C)OC=O.O=C1CCNCC1. The minimum atomic E-state index is -0.318. The van der Waals surface area contributed by atoms with Crippen molar-refractivity contribution >= 4 is 12.3 Å². The van der Waals surface area contributed by atoms with Gasteiger partial charge in [0.25, 0.3) is 6.47 Å². The zero-order valence-corrected chi connectivity index (χ0v) is 12.8. The molecular formula is C14H27NO5. The van der Waals surface area contributed by atoms with Crippen molar-refractivity contribution in [1.82, 2.24) is 5.32 Å². The molecular weight excluding hydrogens is 262 g/mol. The molecule has 118 valence electrons. The molecule has 0 amide bonds. The molecule has 6 heteroatoms. The molecule has 0 spiro atoms. The van der Waals surface area contributed by atoms with Gasteiger partial charge in [-0.25, -0.2) is 0 Å². The fourth-order valence-electron chi connectivity index (χ4n) is 1.29. The van der Waals surface area contributed by atoms with Gasteiger partial charge in [-0.1, -0.05) is 0 Å². The van der Waals surface area contributed by atoms with Crippen molar-refractivity contribution in [1.29, 1.82) is 0 Å². The molecule has 0 aromatic carbocycles. The Labute approximate surface area is 121 Å². The first-order valence-electron chi connectivity index (χ1n) is 6.95. The lowest BCUT2D eigenvalue weighted by Gasteiger charge is -2.14. The van der Waals surface area contributed by atoms with Gasteiger partial charge < -0.3 is 19.5 Å². The molecule has 2 fully saturated rings. The fraction of sp³-hybridized carbons (Fsp3) is 0.857. The molecule has 2 aliphatic heterocycles. The molecule has 1 N–H and O–H groups in total. The molecule has 0 aromatic rings. The van der Waals surface area contributed by atoms with Crippen LogP contribution < -0.4 is 5.32 Å². The van der Waals surface area contributed by atoms with Crippen LogP contribution in [0.5, 0.6) is 0 Å². The number of rotatable bonds is 1. The average molecular weight is 289 g/mol. The molecule has 0 aromatic heterocycles. The lowest BCUT2D eigenvalue weighted by Crippen LogP contribution is -2.27. The van der Waals surface area contributed by atoms with Crippen LogP contribution in [0.25, 0.3) is 0 Å². The number of Topliss-reactive ketones (excluding diaryl/α,β-unsaturated/α-hetero) is 1. The van der Waals surface area contributed by atoms with Gasteiger partial charge in [0, 0.05) is 25.9 Å². The highest BCUT2D eigenvalue weighted by Crippen LogP contribution is 2.02. The van der Waals surface area contributed by atoms with Crippen LogP contribution in [0.1, 0.15) is 33.6 Å².